The third kappa shape index (κ3) is 3.37. The minimum Gasteiger partial charge on any atom is -0.513 e. The molecule has 3 nitrogen and oxygen atoms in total. The van der Waals surface area contributed by atoms with Gasteiger partial charge in [-0.15, -0.1) is 0 Å². The van der Waals surface area contributed by atoms with Gasteiger partial charge in [-0.1, -0.05) is 36.4 Å². The maximum absolute atomic E-state index is 12.2. The van der Waals surface area contributed by atoms with Crippen LogP contribution in [-0.2, 0) is 4.79 Å². The van der Waals surface area contributed by atoms with Crippen molar-refractivity contribution in [2.75, 3.05) is 6.54 Å². The topological polar surface area (TPSA) is 40.5 Å². The van der Waals surface area contributed by atoms with Crippen molar-refractivity contribution >= 4 is 5.91 Å². The Hall–Kier alpha value is -1.77. The van der Waals surface area contributed by atoms with Crippen LogP contribution in [0.2, 0.25) is 0 Å². The molecule has 1 heterocycles. The number of carbonyl (C=O) groups excluding carboxylic acids is 1. The van der Waals surface area contributed by atoms with Crippen molar-refractivity contribution in [2.24, 2.45) is 0 Å². The van der Waals surface area contributed by atoms with Crippen LogP contribution in [0.25, 0.3) is 0 Å². The highest BCUT2D eigenvalue weighted by atomic mass is 16.3. The van der Waals surface area contributed by atoms with E-state index in [2.05, 4.69) is 31.7 Å². The number of aryl methyl sites for hydroxylation is 1. The first kappa shape index (κ1) is 13.7. The molecular formula is C16H21NO2. The Morgan fingerprint density at radius 3 is 2.95 bits per heavy atom. The van der Waals surface area contributed by atoms with Crippen molar-refractivity contribution in [3.05, 3.63) is 47.7 Å². The summed E-state index contributed by atoms with van der Waals surface area (Å²) in [6, 6.07) is 8.55. The smallest absolute Gasteiger partial charge is 0.223 e. The van der Waals surface area contributed by atoms with Gasteiger partial charge in [0, 0.05) is 19.4 Å². The molecule has 1 saturated heterocycles. The number of amides is 1. The van der Waals surface area contributed by atoms with Crippen LogP contribution in [0.4, 0.5) is 0 Å². The SMILES string of the molecule is C=C(O)CCC(=O)N1CCCC1c1cccc(C)c1. The molecule has 1 amide bonds. The summed E-state index contributed by atoms with van der Waals surface area (Å²) < 4.78 is 0. The zero-order valence-corrected chi connectivity index (χ0v) is 11.4. The van der Waals surface area contributed by atoms with Crippen molar-refractivity contribution < 1.29 is 9.90 Å². The van der Waals surface area contributed by atoms with Crippen LogP contribution in [0.5, 0.6) is 0 Å². The summed E-state index contributed by atoms with van der Waals surface area (Å²) >= 11 is 0. The Balaban J connectivity index is 2.08. The molecule has 0 aliphatic carbocycles. The first-order chi connectivity index (χ1) is 9.08. The third-order valence-electron chi connectivity index (χ3n) is 3.63. The average Bonchev–Trinajstić information content (AvgIpc) is 2.85. The van der Waals surface area contributed by atoms with Gasteiger partial charge in [-0.2, -0.15) is 0 Å². The molecule has 1 aromatic rings. The average molecular weight is 259 g/mol. The number of aliphatic hydroxyl groups excluding tert-OH is 1. The molecule has 19 heavy (non-hydrogen) atoms. The Morgan fingerprint density at radius 1 is 1.47 bits per heavy atom. The lowest BCUT2D eigenvalue weighted by atomic mass is 10.0. The van der Waals surface area contributed by atoms with E-state index < -0.39 is 0 Å². The molecule has 0 saturated carbocycles. The van der Waals surface area contributed by atoms with Gasteiger partial charge in [-0.05, 0) is 25.3 Å². The third-order valence-corrected chi connectivity index (χ3v) is 3.63. The largest absolute Gasteiger partial charge is 0.513 e. The summed E-state index contributed by atoms with van der Waals surface area (Å²) in [5.41, 5.74) is 2.44. The lowest BCUT2D eigenvalue weighted by molar-refractivity contribution is -0.132. The normalized spacial score (nSPS) is 18.6. The van der Waals surface area contributed by atoms with E-state index in [0.717, 1.165) is 19.4 Å². The van der Waals surface area contributed by atoms with Gasteiger partial charge in [0.05, 0.1) is 11.8 Å². The van der Waals surface area contributed by atoms with Crippen LogP contribution in [-0.4, -0.2) is 22.5 Å². The van der Waals surface area contributed by atoms with E-state index in [9.17, 15) is 4.79 Å². The summed E-state index contributed by atoms with van der Waals surface area (Å²) in [6.07, 6.45) is 2.77. The summed E-state index contributed by atoms with van der Waals surface area (Å²) in [7, 11) is 0. The van der Waals surface area contributed by atoms with E-state index in [1.54, 1.807) is 0 Å². The Labute approximate surface area is 114 Å². The quantitative estimate of drug-likeness (QED) is 0.841. The second-order valence-electron chi connectivity index (χ2n) is 5.23. The van der Waals surface area contributed by atoms with Crippen LogP contribution in [0.15, 0.2) is 36.6 Å². The van der Waals surface area contributed by atoms with E-state index in [0.29, 0.717) is 12.8 Å². The minimum atomic E-state index is 0.0830. The molecule has 1 aliphatic rings. The van der Waals surface area contributed by atoms with Gasteiger partial charge in [0.25, 0.3) is 0 Å². The lowest BCUT2D eigenvalue weighted by Gasteiger charge is -2.25. The first-order valence-electron chi connectivity index (χ1n) is 6.80. The van der Waals surface area contributed by atoms with Crippen molar-refractivity contribution in [3.8, 4) is 0 Å². The fraction of sp³-hybridized carbons (Fsp3) is 0.438. The highest BCUT2D eigenvalue weighted by molar-refractivity contribution is 5.77. The van der Waals surface area contributed by atoms with Gasteiger partial charge in [-0.25, -0.2) is 0 Å². The molecule has 2 rings (SSSR count). The maximum Gasteiger partial charge on any atom is 0.223 e. The van der Waals surface area contributed by atoms with Crippen LogP contribution in [0.1, 0.15) is 42.9 Å². The number of likely N-dealkylation sites (tertiary alicyclic amines) is 1. The lowest BCUT2D eigenvalue weighted by Crippen LogP contribution is -2.30. The number of carbonyl (C=O) groups is 1. The Morgan fingerprint density at radius 2 is 2.26 bits per heavy atom. The van der Waals surface area contributed by atoms with Gasteiger partial charge < -0.3 is 10.0 Å². The molecule has 0 spiro atoms. The molecular weight excluding hydrogens is 238 g/mol. The fourth-order valence-electron chi connectivity index (χ4n) is 2.68. The van der Waals surface area contributed by atoms with E-state index in [4.69, 9.17) is 5.11 Å². The van der Waals surface area contributed by atoms with Gasteiger partial charge >= 0.3 is 0 Å². The van der Waals surface area contributed by atoms with Gasteiger partial charge in [0.2, 0.25) is 5.91 Å². The number of hydrogen-bond donors (Lipinski definition) is 1. The molecule has 1 N–H and O–H groups in total. The highest BCUT2D eigenvalue weighted by Crippen LogP contribution is 2.32. The molecule has 0 aromatic heterocycles. The van der Waals surface area contributed by atoms with Crippen molar-refractivity contribution in [1.82, 2.24) is 4.90 Å². The zero-order chi connectivity index (χ0) is 13.8. The molecule has 1 atom stereocenters. The number of allylic oxidation sites excluding steroid dienone is 1. The predicted octanol–water partition coefficient (Wildman–Crippen LogP) is 3.51. The minimum absolute atomic E-state index is 0.0830. The molecule has 1 aromatic carbocycles. The Kier molecular flexibility index (Phi) is 4.25. The number of nitrogens with zero attached hydrogens (tertiary/aromatic N) is 1. The molecule has 0 bridgehead atoms. The zero-order valence-electron chi connectivity index (χ0n) is 11.4. The van der Waals surface area contributed by atoms with E-state index in [-0.39, 0.29) is 17.7 Å². The van der Waals surface area contributed by atoms with Gasteiger partial charge in [-0.3, -0.25) is 4.79 Å². The number of benzene rings is 1. The van der Waals surface area contributed by atoms with Crippen LogP contribution < -0.4 is 0 Å². The first-order valence-corrected chi connectivity index (χ1v) is 6.80. The molecule has 1 unspecified atom stereocenters. The standard InChI is InChI=1S/C16H21NO2/c1-12-5-3-6-14(11-12)15-7-4-10-17(15)16(19)9-8-13(2)18/h3,5-6,11,15,18H,2,4,7-10H2,1H3. The van der Waals surface area contributed by atoms with E-state index in [1.807, 2.05) is 11.0 Å². The van der Waals surface area contributed by atoms with Crippen LogP contribution in [0, 0.1) is 6.92 Å². The van der Waals surface area contributed by atoms with Crippen LogP contribution >= 0.6 is 0 Å². The number of hydrogen-bond acceptors (Lipinski definition) is 2. The summed E-state index contributed by atoms with van der Waals surface area (Å²) in [4.78, 5) is 14.1. The highest BCUT2D eigenvalue weighted by Gasteiger charge is 2.29. The van der Waals surface area contributed by atoms with Crippen molar-refractivity contribution in [1.29, 1.82) is 0 Å². The summed E-state index contributed by atoms with van der Waals surface area (Å²) in [6.45, 7) is 6.31. The number of rotatable bonds is 4. The van der Waals surface area contributed by atoms with Crippen molar-refractivity contribution in [3.63, 3.8) is 0 Å². The Bertz CT molecular complexity index is 481. The van der Waals surface area contributed by atoms with Gasteiger partial charge in [0.15, 0.2) is 0 Å². The second kappa shape index (κ2) is 5.91. The fourth-order valence-corrected chi connectivity index (χ4v) is 2.68. The number of aliphatic hydroxyl groups is 1. The molecule has 102 valence electrons. The predicted molar refractivity (Wildman–Crippen MR) is 75.9 cm³/mol. The second-order valence-corrected chi connectivity index (χ2v) is 5.23. The van der Waals surface area contributed by atoms with Gasteiger partial charge in [0.1, 0.15) is 0 Å². The molecule has 1 fully saturated rings. The van der Waals surface area contributed by atoms with E-state index in [1.165, 1.54) is 11.1 Å². The maximum atomic E-state index is 12.2. The van der Waals surface area contributed by atoms with Crippen molar-refractivity contribution in [2.45, 2.75) is 38.6 Å². The molecule has 0 radical (unpaired) electrons. The van der Waals surface area contributed by atoms with E-state index >= 15 is 0 Å². The molecule has 3 heteroatoms. The summed E-state index contributed by atoms with van der Waals surface area (Å²) in [5.74, 6) is 0.193. The molecule has 1 aliphatic heterocycles. The summed E-state index contributed by atoms with van der Waals surface area (Å²) in [5, 5.41) is 9.10. The van der Waals surface area contributed by atoms with Crippen LogP contribution in [0.3, 0.4) is 0 Å². The monoisotopic (exact) mass is 259 g/mol.